The normalized spacial score (nSPS) is 21.9. The van der Waals surface area contributed by atoms with E-state index in [-0.39, 0.29) is 0 Å². The van der Waals surface area contributed by atoms with Crippen LogP contribution in [0.2, 0.25) is 0 Å². The minimum atomic E-state index is 0.825. The van der Waals surface area contributed by atoms with Gasteiger partial charge < -0.3 is 4.90 Å². The van der Waals surface area contributed by atoms with E-state index in [1.165, 1.54) is 57.2 Å². The van der Waals surface area contributed by atoms with Gasteiger partial charge in [0.25, 0.3) is 0 Å². The summed E-state index contributed by atoms with van der Waals surface area (Å²) < 4.78 is 0. The summed E-state index contributed by atoms with van der Waals surface area (Å²) >= 11 is 0. The smallest absolute Gasteiger partial charge is 0.0402 e. The lowest BCUT2D eigenvalue weighted by atomic mass is 10.1. The van der Waals surface area contributed by atoms with Gasteiger partial charge in [0, 0.05) is 18.3 Å². The van der Waals surface area contributed by atoms with E-state index in [9.17, 15) is 0 Å². The van der Waals surface area contributed by atoms with E-state index in [0.717, 1.165) is 6.04 Å². The van der Waals surface area contributed by atoms with Gasteiger partial charge in [-0.2, -0.15) is 0 Å². The number of hydrogen-bond acceptors (Lipinski definition) is 1. The van der Waals surface area contributed by atoms with Gasteiger partial charge in [-0.1, -0.05) is 43.9 Å². The first-order chi connectivity index (χ1) is 7.95. The quantitative estimate of drug-likeness (QED) is 0.644. The number of fused-ring (bicyclic) bond motifs is 1. The van der Waals surface area contributed by atoms with Crippen molar-refractivity contribution >= 4 is 5.69 Å². The predicted octanol–water partition coefficient (Wildman–Crippen LogP) is 3.77. The van der Waals surface area contributed by atoms with Crippen LogP contribution in [-0.2, 0) is 6.42 Å². The number of benzene rings is 1. The second-order valence-corrected chi connectivity index (χ2v) is 5.22. The van der Waals surface area contributed by atoms with Crippen molar-refractivity contribution < 1.29 is 0 Å². The molecule has 0 N–H and O–H groups in total. The molecule has 1 nitrogen and oxygen atoms in total. The minimum absolute atomic E-state index is 0.825. The van der Waals surface area contributed by atoms with Crippen LogP contribution in [0.25, 0.3) is 0 Å². The SMILES string of the molecule is c1ccc2c(c1)CCN2C1CCCCCC1. The Morgan fingerprint density at radius 2 is 1.69 bits per heavy atom. The molecule has 1 aromatic rings. The minimum Gasteiger partial charge on any atom is -0.368 e. The average molecular weight is 215 g/mol. The molecule has 1 aliphatic carbocycles. The fourth-order valence-corrected chi connectivity index (χ4v) is 3.31. The maximum atomic E-state index is 2.68. The third-order valence-corrected chi connectivity index (χ3v) is 4.19. The molecule has 1 aromatic carbocycles. The predicted molar refractivity (Wildman–Crippen MR) is 69.0 cm³/mol. The summed E-state index contributed by atoms with van der Waals surface area (Å²) in [4.78, 5) is 2.68. The van der Waals surface area contributed by atoms with Crippen molar-refractivity contribution in [3.8, 4) is 0 Å². The Hall–Kier alpha value is -0.980. The summed E-state index contributed by atoms with van der Waals surface area (Å²) in [5, 5.41) is 0. The summed E-state index contributed by atoms with van der Waals surface area (Å²) in [7, 11) is 0. The molecule has 0 saturated heterocycles. The van der Waals surface area contributed by atoms with Crippen molar-refractivity contribution in [1.29, 1.82) is 0 Å². The lowest BCUT2D eigenvalue weighted by Crippen LogP contribution is -2.33. The van der Waals surface area contributed by atoms with Crippen molar-refractivity contribution in [1.82, 2.24) is 0 Å². The van der Waals surface area contributed by atoms with E-state index in [2.05, 4.69) is 29.2 Å². The molecule has 0 unspecified atom stereocenters. The molecular formula is C15H21N. The van der Waals surface area contributed by atoms with Gasteiger partial charge in [-0.3, -0.25) is 0 Å². The molecule has 3 rings (SSSR count). The fraction of sp³-hybridized carbons (Fsp3) is 0.600. The van der Waals surface area contributed by atoms with Crippen LogP contribution in [0.5, 0.6) is 0 Å². The third kappa shape index (κ3) is 1.83. The summed E-state index contributed by atoms with van der Waals surface area (Å²) in [6, 6.07) is 9.80. The number of anilines is 1. The largest absolute Gasteiger partial charge is 0.368 e. The van der Waals surface area contributed by atoms with Crippen LogP contribution in [0.15, 0.2) is 24.3 Å². The van der Waals surface area contributed by atoms with Crippen molar-refractivity contribution in [3.05, 3.63) is 29.8 Å². The summed E-state index contributed by atoms with van der Waals surface area (Å²) in [6.07, 6.45) is 9.85. The Balaban J connectivity index is 1.80. The number of rotatable bonds is 1. The van der Waals surface area contributed by atoms with E-state index in [4.69, 9.17) is 0 Å². The Morgan fingerprint density at radius 1 is 0.938 bits per heavy atom. The van der Waals surface area contributed by atoms with E-state index in [0.29, 0.717) is 0 Å². The van der Waals surface area contributed by atoms with Crippen molar-refractivity contribution in [2.45, 2.75) is 51.0 Å². The maximum absolute atomic E-state index is 2.68. The second-order valence-electron chi connectivity index (χ2n) is 5.22. The van der Waals surface area contributed by atoms with Gasteiger partial charge in [0.05, 0.1) is 0 Å². The molecule has 1 saturated carbocycles. The highest BCUT2D eigenvalue weighted by atomic mass is 15.2. The first-order valence-electron chi connectivity index (χ1n) is 6.80. The molecule has 1 heteroatoms. The molecule has 0 radical (unpaired) electrons. The van der Waals surface area contributed by atoms with E-state index in [1.807, 2.05) is 0 Å². The molecule has 2 aliphatic rings. The van der Waals surface area contributed by atoms with Crippen LogP contribution in [-0.4, -0.2) is 12.6 Å². The van der Waals surface area contributed by atoms with Gasteiger partial charge in [-0.25, -0.2) is 0 Å². The summed E-state index contributed by atoms with van der Waals surface area (Å²) in [6.45, 7) is 1.25. The molecule has 1 aliphatic heterocycles. The highest BCUT2D eigenvalue weighted by Crippen LogP contribution is 2.33. The Labute approximate surface area is 98.5 Å². The molecule has 0 aromatic heterocycles. The van der Waals surface area contributed by atoms with Crippen LogP contribution < -0.4 is 4.90 Å². The van der Waals surface area contributed by atoms with Gasteiger partial charge in [-0.15, -0.1) is 0 Å². The van der Waals surface area contributed by atoms with Crippen molar-refractivity contribution in [2.75, 3.05) is 11.4 Å². The van der Waals surface area contributed by atoms with E-state index < -0.39 is 0 Å². The zero-order valence-corrected chi connectivity index (χ0v) is 9.99. The maximum Gasteiger partial charge on any atom is 0.0402 e. The van der Waals surface area contributed by atoms with Crippen LogP contribution in [0.3, 0.4) is 0 Å². The second kappa shape index (κ2) is 4.48. The first kappa shape index (κ1) is 10.2. The van der Waals surface area contributed by atoms with Gasteiger partial charge in [0.15, 0.2) is 0 Å². The van der Waals surface area contributed by atoms with Crippen LogP contribution in [0.4, 0.5) is 5.69 Å². The van der Waals surface area contributed by atoms with Crippen molar-refractivity contribution in [3.63, 3.8) is 0 Å². The lowest BCUT2D eigenvalue weighted by molar-refractivity contribution is 0.536. The lowest BCUT2D eigenvalue weighted by Gasteiger charge is -2.29. The Morgan fingerprint density at radius 3 is 2.50 bits per heavy atom. The van der Waals surface area contributed by atoms with E-state index >= 15 is 0 Å². The molecule has 0 amide bonds. The Kier molecular flexibility index (Phi) is 2.86. The topological polar surface area (TPSA) is 3.24 Å². The molecule has 1 heterocycles. The number of para-hydroxylation sites is 1. The molecule has 1 fully saturated rings. The highest BCUT2D eigenvalue weighted by molar-refractivity contribution is 5.58. The van der Waals surface area contributed by atoms with Gasteiger partial charge in [-0.05, 0) is 30.9 Å². The molecule has 0 atom stereocenters. The van der Waals surface area contributed by atoms with Crippen LogP contribution in [0, 0.1) is 0 Å². The average Bonchev–Trinajstić information content (AvgIpc) is 2.57. The third-order valence-electron chi connectivity index (χ3n) is 4.19. The monoisotopic (exact) mass is 215 g/mol. The van der Waals surface area contributed by atoms with Crippen LogP contribution >= 0.6 is 0 Å². The number of nitrogens with zero attached hydrogens (tertiary/aromatic N) is 1. The molecule has 86 valence electrons. The fourth-order valence-electron chi connectivity index (χ4n) is 3.31. The van der Waals surface area contributed by atoms with Crippen LogP contribution in [0.1, 0.15) is 44.1 Å². The molecule has 0 bridgehead atoms. The molecule has 16 heavy (non-hydrogen) atoms. The van der Waals surface area contributed by atoms with Gasteiger partial charge in [0.1, 0.15) is 0 Å². The zero-order valence-electron chi connectivity index (χ0n) is 9.99. The van der Waals surface area contributed by atoms with Gasteiger partial charge in [0.2, 0.25) is 0 Å². The molecule has 0 spiro atoms. The van der Waals surface area contributed by atoms with Gasteiger partial charge >= 0.3 is 0 Å². The van der Waals surface area contributed by atoms with E-state index in [1.54, 1.807) is 5.56 Å². The molecular weight excluding hydrogens is 194 g/mol. The highest BCUT2D eigenvalue weighted by Gasteiger charge is 2.25. The zero-order chi connectivity index (χ0) is 10.8. The Bertz CT molecular complexity index is 350. The standard InChI is InChI=1S/C15H21N/c1-2-4-9-14(8-3-1)16-12-11-13-7-5-6-10-15(13)16/h5-7,10,14H,1-4,8-9,11-12H2. The summed E-state index contributed by atoms with van der Waals surface area (Å²) in [5.74, 6) is 0. The van der Waals surface area contributed by atoms with Crippen molar-refractivity contribution in [2.24, 2.45) is 0 Å². The summed E-state index contributed by atoms with van der Waals surface area (Å²) in [5.41, 5.74) is 3.08. The first-order valence-corrected chi connectivity index (χ1v) is 6.80. The number of hydrogen-bond donors (Lipinski definition) is 0.